The molecule has 25 heavy (non-hydrogen) atoms. The van der Waals surface area contributed by atoms with Crippen LogP contribution in [0, 0.1) is 6.92 Å². The Morgan fingerprint density at radius 1 is 1.36 bits per heavy atom. The van der Waals surface area contributed by atoms with E-state index in [0.717, 1.165) is 28.0 Å². The van der Waals surface area contributed by atoms with E-state index in [2.05, 4.69) is 4.98 Å². The number of aryl methyl sites for hydroxylation is 1. The summed E-state index contributed by atoms with van der Waals surface area (Å²) in [6.45, 7) is 3.94. The van der Waals surface area contributed by atoms with Gasteiger partial charge in [0.15, 0.2) is 6.10 Å². The van der Waals surface area contributed by atoms with Gasteiger partial charge in [0, 0.05) is 18.4 Å². The van der Waals surface area contributed by atoms with E-state index in [1.54, 1.807) is 13.8 Å². The fourth-order valence-corrected chi connectivity index (χ4v) is 2.77. The van der Waals surface area contributed by atoms with Crippen molar-refractivity contribution in [3.05, 3.63) is 47.0 Å². The highest BCUT2D eigenvalue weighted by atomic mass is 16.5. The molecule has 0 aliphatic carbocycles. The molecule has 132 valence electrons. The van der Waals surface area contributed by atoms with Crippen LogP contribution >= 0.6 is 0 Å². The first-order valence-electron chi connectivity index (χ1n) is 8.03. The zero-order valence-electron chi connectivity index (χ0n) is 14.1. The molecule has 1 atom stereocenters. The number of benzene rings is 1. The van der Waals surface area contributed by atoms with Crippen LogP contribution in [-0.2, 0) is 22.4 Å². The highest BCUT2D eigenvalue weighted by Crippen LogP contribution is 2.24. The van der Waals surface area contributed by atoms with Crippen LogP contribution in [0.25, 0.3) is 11.0 Å². The van der Waals surface area contributed by atoms with Crippen LogP contribution in [0.2, 0.25) is 0 Å². The van der Waals surface area contributed by atoms with Gasteiger partial charge in [0.05, 0.1) is 12.1 Å². The SMILES string of the molecule is CCO[C@@H](Cc1ccc2oc(Cc3nc(N)oc3C)cc2c1)C(=O)O. The van der Waals surface area contributed by atoms with Crippen LogP contribution in [0.5, 0.6) is 0 Å². The van der Waals surface area contributed by atoms with Gasteiger partial charge in [-0.25, -0.2) is 4.79 Å². The summed E-state index contributed by atoms with van der Waals surface area (Å²) in [7, 11) is 0. The van der Waals surface area contributed by atoms with Gasteiger partial charge in [0.2, 0.25) is 0 Å². The average molecular weight is 344 g/mol. The number of furan rings is 1. The number of anilines is 1. The van der Waals surface area contributed by atoms with Crippen molar-refractivity contribution in [2.45, 2.75) is 32.8 Å². The van der Waals surface area contributed by atoms with Gasteiger partial charge in [-0.3, -0.25) is 0 Å². The van der Waals surface area contributed by atoms with Crippen LogP contribution in [0.3, 0.4) is 0 Å². The predicted octanol–water partition coefficient (Wildman–Crippen LogP) is 2.93. The lowest BCUT2D eigenvalue weighted by molar-refractivity contribution is -0.149. The summed E-state index contributed by atoms with van der Waals surface area (Å²) in [6, 6.07) is 7.66. The molecule has 3 aromatic rings. The second-order valence-corrected chi connectivity index (χ2v) is 5.80. The molecule has 0 radical (unpaired) electrons. The molecular formula is C18H20N2O5. The average Bonchev–Trinajstić information content (AvgIpc) is 3.08. The molecule has 7 heteroatoms. The van der Waals surface area contributed by atoms with E-state index in [4.69, 9.17) is 19.3 Å². The molecule has 3 rings (SSSR count). The molecule has 0 saturated carbocycles. The number of carbonyl (C=O) groups is 1. The number of nitrogens with zero attached hydrogens (tertiary/aromatic N) is 1. The minimum Gasteiger partial charge on any atom is -0.479 e. The third kappa shape index (κ3) is 3.83. The summed E-state index contributed by atoms with van der Waals surface area (Å²) in [6.07, 6.45) is -0.0687. The van der Waals surface area contributed by atoms with Crippen LogP contribution in [-0.4, -0.2) is 28.8 Å². The number of hydrogen-bond donors (Lipinski definition) is 2. The standard InChI is InChI=1S/C18H20N2O5/c1-3-23-16(17(21)22)7-11-4-5-15-12(6-11)8-13(25-15)9-14-10(2)24-18(19)20-14/h4-6,8,16H,3,7,9H2,1-2H3,(H2,19,20)(H,21,22)/t16-/m0/s1. The van der Waals surface area contributed by atoms with E-state index >= 15 is 0 Å². The minimum absolute atomic E-state index is 0.140. The summed E-state index contributed by atoms with van der Waals surface area (Å²) < 4.78 is 16.3. The van der Waals surface area contributed by atoms with Gasteiger partial charge in [-0.1, -0.05) is 6.07 Å². The van der Waals surface area contributed by atoms with Crippen molar-refractivity contribution in [2.75, 3.05) is 12.3 Å². The van der Waals surface area contributed by atoms with Crippen LogP contribution in [0.15, 0.2) is 33.1 Å². The van der Waals surface area contributed by atoms with E-state index in [9.17, 15) is 9.90 Å². The van der Waals surface area contributed by atoms with Crippen LogP contribution < -0.4 is 5.73 Å². The fourth-order valence-electron chi connectivity index (χ4n) is 2.77. The monoisotopic (exact) mass is 344 g/mol. The molecular weight excluding hydrogens is 324 g/mol. The molecule has 0 bridgehead atoms. The second kappa shape index (κ2) is 6.98. The lowest BCUT2D eigenvalue weighted by Crippen LogP contribution is -2.26. The quantitative estimate of drug-likeness (QED) is 0.677. The van der Waals surface area contributed by atoms with Gasteiger partial charge < -0.3 is 24.4 Å². The maximum absolute atomic E-state index is 11.2. The second-order valence-electron chi connectivity index (χ2n) is 5.80. The number of hydrogen-bond acceptors (Lipinski definition) is 6. The first-order chi connectivity index (χ1) is 12.0. The van der Waals surface area contributed by atoms with Crippen molar-refractivity contribution in [1.29, 1.82) is 0 Å². The van der Waals surface area contributed by atoms with E-state index in [0.29, 0.717) is 25.2 Å². The number of fused-ring (bicyclic) bond motifs is 1. The Morgan fingerprint density at radius 3 is 2.80 bits per heavy atom. The number of nitrogens with two attached hydrogens (primary N) is 1. The smallest absolute Gasteiger partial charge is 0.333 e. The normalized spacial score (nSPS) is 12.6. The molecule has 0 saturated heterocycles. The molecule has 0 amide bonds. The van der Waals surface area contributed by atoms with Gasteiger partial charge >= 0.3 is 5.97 Å². The van der Waals surface area contributed by atoms with Crippen molar-refractivity contribution in [3.8, 4) is 0 Å². The van der Waals surface area contributed by atoms with Gasteiger partial charge in [-0.2, -0.15) is 4.98 Å². The van der Waals surface area contributed by atoms with Gasteiger partial charge in [-0.05, 0) is 37.6 Å². The third-order valence-corrected chi connectivity index (χ3v) is 3.95. The van der Waals surface area contributed by atoms with E-state index in [1.807, 2.05) is 24.3 Å². The highest BCUT2D eigenvalue weighted by Gasteiger charge is 2.18. The van der Waals surface area contributed by atoms with Gasteiger partial charge in [0.1, 0.15) is 17.1 Å². The van der Waals surface area contributed by atoms with Gasteiger partial charge in [-0.15, -0.1) is 0 Å². The molecule has 0 spiro atoms. The number of aromatic nitrogens is 1. The van der Waals surface area contributed by atoms with Crippen molar-refractivity contribution in [1.82, 2.24) is 4.98 Å². The molecule has 0 fully saturated rings. The van der Waals surface area contributed by atoms with Crippen LogP contribution in [0.1, 0.15) is 29.7 Å². The zero-order valence-corrected chi connectivity index (χ0v) is 14.1. The van der Waals surface area contributed by atoms with E-state index in [-0.39, 0.29) is 6.01 Å². The molecule has 0 aliphatic rings. The maximum Gasteiger partial charge on any atom is 0.333 e. The third-order valence-electron chi connectivity index (χ3n) is 3.95. The Hall–Kier alpha value is -2.80. The van der Waals surface area contributed by atoms with Gasteiger partial charge in [0.25, 0.3) is 6.01 Å². The Balaban J connectivity index is 1.81. The number of oxazole rings is 1. The Bertz CT molecular complexity index is 896. The maximum atomic E-state index is 11.2. The highest BCUT2D eigenvalue weighted by molar-refractivity contribution is 5.79. The van der Waals surface area contributed by atoms with E-state index < -0.39 is 12.1 Å². The molecule has 7 nitrogen and oxygen atoms in total. The number of ether oxygens (including phenoxy) is 1. The fraction of sp³-hybridized carbons (Fsp3) is 0.333. The largest absolute Gasteiger partial charge is 0.479 e. The van der Waals surface area contributed by atoms with Crippen molar-refractivity contribution >= 4 is 23.0 Å². The van der Waals surface area contributed by atoms with Crippen molar-refractivity contribution < 1.29 is 23.5 Å². The van der Waals surface area contributed by atoms with E-state index in [1.165, 1.54) is 0 Å². The Kier molecular flexibility index (Phi) is 4.76. The molecule has 0 unspecified atom stereocenters. The first-order valence-corrected chi connectivity index (χ1v) is 8.03. The molecule has 2 aromatic heterocycles. The molecule has 2 heterocycles. The topological polar surface area (TPSA) is 112 Å². The lowest BCUT2D eigenvalue weighted by Gasteiger charge is -2.12. The minimum atomic E-state index is -0.964. The number of rotatable bonds is 7. The van der Waals surface area contributed by atoms with Crippen molar-refractivity contribution in [3.63, 3.8) is 0 Å². The predicted molar refractivity (Wildman–Crippen MR) is 91.4 cm³/mol. The first kappa shape index (κ1) is 17.0. The molecule has 3 N–H and O–H groups in total. The summed E-state index contributed by atoms with van der Waals surface area (Å²) in [5.41, 5.74) is 7.90. The number of aliphatic carboxylic acids is 1. The summed E-state index contributed by atoms with van der Waals surface area (Å²) in [5, 5.41) is 10.1. The number of nitrogen functional groups attached to an aromatic ring is 1. The van der Waals surface area contributed by atoms with Crippen molar-refractivity contribution in [2.24, 2.45) is 0 Å². The molecule has 0 aliphatic heterocycles. The zero-order chi connectivity index (χ0) is 18.0. The summed E-state index contributed by atoms with van der Waals surface area (Å²) >= 11 is 0. The van der Waals surface area contributed by atoms with Crippen LogP contribution in [0.4, 0.5) is 6.01 Å². The lowest BCUT2D eigenvalue weighted by atomic mass is 10.1. The number of carboxylic acid groups (broad SMARTS) is 1. The number of carboxylic acids is 1. The Labute approximate surface area is 144 Å². The molecule has 1 aromatic carbocycles. The Morgan fingerprint density at radius 2 is 2.16 bits per heavy atom. The summed E-state index contributed by atoms with van der Waals surface area (Å²) in [4.78, 5) is 15.4. The summed E-state index contributed by atoms with van der Waals surface area (Å²) in [5.74, 6) is 0.441.